The molecule has 0 saturated carbocycles. The fourth-order valence-electron chi connectivity index (χ4n) is 4.05. The van der Waals surface area contributed by atoms with Gasteiger partial charge in [-0.3, -0.25) is 4.79 Å². The number of thiazole rings is 1. The lowest BCUT2D eigenvalue weighted by Crippen LogP contribution is -2.36. The van der Waals surface area contributed by atoms with Crippen molar-refractivity contribution >= 4 is 40.0 Å². The maximum atomic E-state index is 11.6. The number of likely N-dealkylation sites (tertiary alicyclic amines) is 1. The SMILES string of the molecule is CC(=O)N1CCC(c2csc(Nc3ncc(Sc4cc(C#N)ccn4)cc3Oc3ccccc3)n2)CC1. The van der Waals surface area contributed by atoms with Crippen LogP contribution in [0.4, 0.5) is 10.9 Å². The molecule has 1 fully saturated rings. The van der Waals surface area contributed by atoms with Crippen molar-refractivity contribution in [3.05, 3.63) is 77.6 Å². The Bertz CT molecular complexity index is 1430. The van der Waals surface area contributed by atoms with E-state index < -0.39 is 0 Å². The number of amides is 1. The summed E-state index contributed by atoms with van der Waals surface area (Å²) in [5.41, 5.74) is 1.59. The summed E-state index contributed by atoms with van der Waals surface area (Å²) in [5, 5.41) is 16.0. The number of pyridine rings is 2. The van der Waals surface area contributed by atoms with Gasteiger partial charge in [0.05, 0.1) is 17.3 Å². The molecule has 0 radical (unpaired) electrons. The highest BCUT2D eigenvalue weighted by atomic mass is 32.2. The van der Waals surface area contributed by atoms with Crippen molar-refractivity contribution in [3.63, 3.8) is 0 Å². The number of rotatable bonds is 7. The van der Waals surface area contributed by atoms with E-state index in [-0.39, 0.29) is 5.91 Å². The Kier molecular flexibility index (Phi) is 7.63. The van der Waals surface area contributed by atoms with E-state index in [1.54, 1.807) is 31.5 Å². The van der Waals surface area contributed by atoms with Crippen LogP contribution in [0.1, 0.15) is 36.9 Å². The van der Waals surface area contributed by atoms with E-state index in [1.165, 1.54) is 23.1 Å². The topological polar surface area (TPSA) is 104 Å². The van der Waals surface area contributed by atoms with E-state index in [2.05, 4.69) is 26.7 Å². The maximum Gasteiger partial charge on any atom is 0.219 e. The number of para-hydroxylation sites is 1. The van der Waals surface area contributed by atoms with Gasteiger partial charge in [-0.2, -0.15) is 5.26 Å². The van der Waals surface area contributed by atoms with Crippen molar-refractivity contribution in [3.8, 4) is 17.6 Å². The molecule has 5 rings (SSSR count). The Morgan fingerprint density at radius 2 is 2.00 bits per heavy atom. The number of piperidine rings is 1. The van der Waals surface area contributed by atoms with E-state index in [0.29, 0.717) is 33.8 Å². The zero-order chi connectivity index (χ0) is 25.6. The molecule has 37 heavy (non-hydrogen) atoms. The van der Waals surface area contributed by atoms with Gasteiger partial charge in [-0.1, -0.05) is 30.0 Å². The Labute approximate surface area is 223 Å². The van der Waals surface area contributed by atoms with Crippen LogP contribution < -0.4 is 10.1 Å². The third kappa shape index (κ3) is 6.25. The summed E-state index contributed by atoms with van der Waals surface area (Å²) in [6.45, 7) is 3.15. The molecule has 1 aliphatic rings. The van der Waals surface area contributed by atoms with Crippen molar-refractivity contribution in [2.75, 3.05) is 18.4 Å². The zero-order valence-electron chi connectivity index (χ0n) is 20.1. The second kappa shape index (κ2) is 11.4. The van der Waals surface area contributed by atoms with Crippen LogP contribution in [0.3, 0.4) is 0 Å². The molecule has 0 unspecified atom stereocenters. The number of aromatic nitrogens is 3. The van der Waals surface area contributed by atoms with E-state index in [0.717, 1.165) is 41.7 Å². The standard InChI is InChI=1S/C27H24N6O2S2/c1-18(34)33-11-8-20(9-12-33)23-17-36-27(31-23)32-26-24(35-21-5-3-2-4-6-21)14-22(16-30-26)37-25-13-19(15-28)7-10-29-25/h2-7,10,13-14,16-17,20H,8-9,11-12H2,1H3,(H,30,31,32). The lowest BCUT2D eigenvalue weighted by Gasteiger charge is -2.30. The van der Waals surface area contributed by atoms with Gasteiger partial charge in [0.2, 0.25) is 5.91 Å². The molecule has 3 aromatic heterocycles. The first kappa shape index (κ1) is 24.7. The average Bonchev–Trinajstić information content (AvgIpc) is 3.39. The Morgan fingerprint density at radius 3 is 2.76 bits per heavy atom. The molecule has 8 nitrogen and oxygen atoms in total. The highest BCUT2D eigenvalue weighted by Gasteiger charge is 2.24. The van der Waals surface area contributed by atoms with Crippen LogP contribution in [-0.2, 0) is 4.79 Å². The number of benzene rings is 1. The lowest BCUT2D eigenvalue weighted by molar-refractivity contribution is -0.129. The van der Waals surface area contributed by atoms with Crippen LogP contribution in [0.15, 0.2) is 76.2 Å². The largest absolute Gasteiger partial charge is 0.453 e. The first-order valence-electron chi connectivity index (χ1n) is 11.8. The van der Waals surface area contributed by atoms with E-state index in [1.807, 2.05) is 41.3 Å². The molecule has 186 valence electrons. The fourth-order valence-corrected chi connectivity index (χ4v) is 5.65. The van der Waals surface area contributed by atoms with Crippen molar-refractivity contribution in [1.29, 1.82) is 5.26 Å². The number of nitrogens with zero attached hydrogens (tertiary/aromatic N) is 5. The van der Waals surface area contributed by atoms with Gasteiger partial charge in [0.15, 0.2) is 16.7 Å². The number of ether oxygens (including phenoxy) is 1. The van der Waals surface area contributed by atoms with Gasteiger partial charge in [-0.15, -0.1) is 11.3 Å². The number of hydrogen-bond donors (Lipinski definition) is 1. The molecule has 4 heterocycles. The molecular weight excluding hydrogens is 504 g/mol. The summed E-state index contributed by atoms with van der Waals surface area (Å²) in [6.07, 6.45) is 5.19. The third-order valence-electron chi connectivity index (χ3n) is 5.99. The molecule has 1 aliphatic heterocycles. The van der Waals surface area contributed by atoms with Crippen LogP contribution in [0.25, 0.3) is 0 Å². The highest BCUT2D eigenvalue weighted by molar-refractivity contribution is 7.99. The number of carbonyl (C=O) groups is 1. The molecule has 1 saturated heterocycles. The fraction of sp³-hybridized carbons (Fsp3) is 0.222. The molecule has 1 aromatic carbocycles. The smallest absolute Gasteiger partial charge is 0.219 e. The minimum absolute atomic E-state index is 0.131. The summed E-state index contributed by atoms with van der Waals surface area (Å²) < 4.78 is 6.19. The second-order valence-electron chi connectivity index (χ2n) is 8.51. The predicted molar refractivity (Wildman–Crippen MR) is 143 cm³/mol. The zero-order valence-corrected chi connectivity index (χ0v) is 21.8. The number of hydrogen-bond acceptors (Lipinski definition) is 9. The summed E-state index contributed by atoms with van der Waals surface area (Å²) >= 11 is 2.94. The van der Waals surface area contributed by atoms with Gasteiger partial charge in [0.25, 0.3) is 0 Å². The van der Waals surface area contributed by atoms with Crippen molar-refractivity contribution in [2.45, 2.75) is 35.6 Å². The predicted octanol–water partition coefficient (Wildman–Crippen LogP) is 6.22. The van der Waals surface area contributed by atoms with Crippen LogP contribution in [-0.4, -0.2) is 38.8 Å². The first-order valence-corrected chi connectivity index (χ1v) is 13.5. The van der Waals surface area contributed by atoms with Gasteiger partial charge in [0.1, 0.15) is 10.8 Å². The molecule has 0 atom stereocenters. The average molecular weight is 529 g/mol. The minimum Gasteiger partial charge on any atom is -0.453 e. The number of nitriles is 1. The van der Waals surface area contributed by atoms with E-state index in [9.17, 15) is 10.1 Å². The number of nitrogens with one attached hydrogen (secondary N) is 1. The van der Waals surface area contributed by atoms with Crippen LogP contribution in [0.5, 0.6) is 11.5 Å². The van der Waals surface area contributed by atoms with E-state index in [4.69, 9.17) is 9.72 Å². The lowest BCUT2D eigenvalue weighted by atomic mass is 9.94. The van der Waals surface area contributed by atoms with Gasteiger partial charge in [0, 0.05) is 54.7 Å². The quantitative estimate of drug-likeness (QED) is 0.302. The maximum absolute atomic E-state index is 11.6. The Balaban J connectivity index is 1.35. The Hall–Kier alpha value is -3.94. The summed E-state index contributed by atoms with van der Waals surface area (Å²) in [6, 6.07) is 17.0. The number of anilines is 2. The molecule has 1 amide bonds. The molecule has 10 heteroatoms. The van der Waals surface area contributed by atoms with Crippen molar-refractivity contribution < 1.29 is 9.53 Å². The molecule has 0 aliphatic carbocycles. The molecule has 0 bridgehead atoms. The van der Waals surface area contributed by atoms with Gasteiger partial charge in [-0.25, -0.2) is 15.0 Å². The monoisotopic (exact) mass is 528 g/mol. The molecule has 4 aromatic rings. The first-order chi connectivity index (χ1) is 18.1. The summed E-state index contributed by atoms with van der Waals surface area (Å²) in [7, 11) is 0. The second-order valence-corrected chi connectivity index (χ2v) is 10.5. The summed E-state index contributed by atoms with van der Waals surface area (Å²) in [4.78, 5) is 28.2. The van der Waals surface area contributed by atoms with Crippen molar-refractivity contribution in [2.24, 2.45) is 0 Å². The number of carbonyl (C=O) groups excluding carboxylic acids is 1. The van der Waals surface area contributed by atoms with Crippen LogP contribution in [0.2, 0.25) is 0 Å². The molecule has 0 spiro atoms. The minimum atomic E-state index is 0.131. The highest BCUT2D eigenvalue weighted by Crippen LogP contribution is 2.37. The Morgan fingerprint density at radius 1 is 1.19 bits per heavy atom. The van der Waals surface area contributed by atoms with Gasteiger partial charge in [-0.05, 0) is 37.1 Å². The van der Waals surface area contributed by atoms with E-state index >= 15 is 0 Å². The molecular formula is C27H24N6O2S2. The van der Waals surface area contributed by atoms with Crippen LogP contribution >= 0.6 is 23.1 Å². The normalized spacial score (nSPS) is 13.7. The van der Waals surface area contributed by atoms with Crippen LogP contribution in [0, 0.1) is 11.3 Å². The molecule has 1 N–H and O–H groups in total. The summed E-state index contributed by atoms with van der Waals surface area (Å²) in [5.74, 6) is 2.27. The third-order valence-corrected chi connectivity index (χ3v) is 7.66. The van der Waals surface area contributed by atoms with Gasteiger partial charge >= 0.3 is 0 Å². The van der Waals surface area contributed by atoms with Crippen molar-refractivity contribution in [1.82, 2.24) is 19.9 Å². The van der Waals surface area contributed by atoms with Gasteiger partial charge < -0.3 is 15.0 Å².